The highest BCUT2D eigenvalue weighted by Gasteiger charge is 2.36. The van der Waals surface area contributed by atoms with E-state index in [1.165, 1.54) is 12.7 Å². The standard InChI is InChI=1S/C27H31BrN4O4S/c1-6-12-37-27-30-26-29-17(4)22(25(33)34-5)23(32(26)31-27)19-13-20(28)24(21(14-19)35-7-2)36-15-18-10-8-16(3)9-11-18/h8-11,13-14,23H,6-7,12,15H2,1-5H3,(H,29,30,31). The van der Waals surface area contributed by atoms with Crippen LogP contribution in [0.5, 0.6) is 11.5 Å². The number of aromatic nitrogens is 3. The molecule has 2 heterocycles. The van der Waals surface area contributed by atoms with Gasteiger partial charge in [0.05, 0.1) is 23.8 Å². The highest BCUT2D eigenvalue weighted by atomic mass is 79.9. The molecule has 0 saturated carbocycles. The van der Waals surface area contributed by atoms with Gasteiger partial charge in [0.1, 0.15) is 12.6 Å². The lowest BCUT2D eigenvalue weighted by atomic mass is 9.95. The van der Waals surface area contributed by atoms with Crippen molar-refractivity contribution < 1.29 is 19.0 Å². The van der Waals surface area contributed by atoms with Crippen LogP contribution >= 0.6 is 27.7 Å². The first-order chi connectivity index (χ1) is 17.9. The van der Waals surface area contributed by atoms with Crippen LogP contribution in [0.4, 0.5) is 5.95 Å². The molecule has 1 unspecified atom stereocenters. The molecule has 1 aliphatic rings. The van der Waals surface area contributed by atoms with Gasteiger partial charge in [-0.05, 0) is 66.4 Å². The zero-order valence-electron chi connectivity index (χ0n) is 21.6. The van der Waals surface area contributed by atoms with Gasteiger partial charge >= 0.3 is 5.97 Å². The molecule has 4 rings (SSSR count). The molecule has 2 aromatic carbocycles. The topological polar surface area (TPSA) is 87.5 Å². The van der Waals surface area contributed by atoms with Crippen molar-refractivity contribution in [1.29, 1.82) is 0 Å². The van der Waals surface area contributed by atoms with E-state index in [-0.39, 0.29) is 0 Å². The fraction of sp³-hybridized carbons (Fsp3) is 0.370. The average Bonchev–Trinajstić information content (AvgIpc) is 3.29. The fourth-order valence-corrected chi connectivity index (χ4v) is 5.31. The van der Waals surface area contributed by atoms with E-state index >= 15 is 0 Å². The van der Waals surface area contributed by atoms with Crippen LogP contribution in [0, 0.1) is 6.92 Å². The van der Waals surface area contributed by atoms with E-state index in [0.29, 0.717) is 51.6 Å². The number of ether oxygens (including phenoxy) is 3. The van der Waals surface area contributed by atoms with Crippen LogP contribution < -0.4 is 14.8 Å². The van der Waals surface area contributed by atoms with Crippen LogP contribution in [0.1, 0.15) is 49.9 Å². The third-order valence-electron chi connectivity index (χ3n) is 5.82. The van der Waals surface area contributed by atoms with Gasteiger partial charge in [0.25, 0.3) is 0 Å². The number of anilines is 1. The van der Waals surface area contributed by atoms with Gasteiger partial charge in [-0.25, -0.2) is 9.48 Å². The number of esters is 1. The summed E-state index contributed by atoms with van der Waals surface area (Å²) in [7, 11) is 1.38. The third-order valence-corrected chi connectivity index (χ3v) is 7.46. The third kappa shape index (κ3) is 5.96. The first kappa shape index (κ1) is 27.1. The maximum Gasteiger partial charge on any atom is 0.338 e. The molecule has 0 aliphatic carbocycles. The SMILES string of the molecule is CCCSc1nc2n(n1)C(c1cc(Br)c(OCc3ccc(C)cc3)c(OCC)c1)C(C(=O)OC)=C(C)N2. The van der Waals surface area contributed by atoms with E-state index in [1.54, 1.807) is 16.4 Å². The van der Waals surface area contributed by atoms with Gasteiger partial charge < -0.3 is 19.5 Å². The van der Waals surface area contributed by atoms with Crippen molar-refractivity contribution in [3.05, 3.63) is 68.8 Å². The molecule has 37 heavy (non-hydrogen) atoms. The Labute approximate surface area is 229 Å². The fourth-order valence-electron chi connectivity index (χ4n) is 4.06. The van der Waals surface area contributed by atoms with Crippen LogP contribution in [0.2, 0.25) is 0 Å². The number of carbonyl (C=O) groups is 1. The maximum absolute atomic E-state index is 12.9. The summed E-state index contributed by atoms with van der Waals surface area (Å²) in [4.78, 5) is 17.6. The first-order valence-electron chi connectivity index (χ1n) is 12.2. The number of carbonyl (C=O) groups excluding carboxylic acids is 1. The molecule has 8 nitrogen and oxygen atoms in total. The molecule has 0 spiro atoms. The van der Waals surface area contributed by atoms with Crippen molar-refractivity contribution in [2.45, 2.75) is 51.9 Å². The molecular weight excluding hydrogens is 556 g/mol. The van der Waals surface area contributed by atoms with Crippen molar-refractivity contribution in [3.63, 3.8) is 0 Å². The van der Waals surface area contributed by atoms with Gasteiger partial charge in [0.2, 0.25) is 11.1 Å². The van der Waals surface area contributed by atoms with E-state index < -0.39 is 12.0 Å². The van der Waals surface area contributed by atoms with Gasteiger partial charge in [0.15, 0.2) is 11.5 Å². The molecule has 196 valence electrons. The van der Waals surface area contributed by atoms with E-state index in [1.807, 2.05) is 38.1 Å². The van der Waals surface area contributed by atoms with Crippen molar-refractivity contribution in [2.75, 3.05) is 24.8 Å². The van der Waals surface area contributed by atoms with E-state index in [2.05, 4.69) is 52.2 Å². The molecule has 0 fully saturated rings. The second-order valence-electron chi connectivity index (χ2n) is 8.61. The highest BCUT2D eigenvalue weighted by molar-refractivity contribution is 9.10. The van der Waals surface area contributed by atoms with Crippen molar-refractivity contribution in [3.8, 4) is 11.5 Å². The summed E-state index contributed by atoms with van der Waals surface area (Å²) in [5.41, 5.74) is 4.16. The minimum Gasteiger partial charge on any atom is -0.490 e. The lowest BCUT2D eigenvalue weighted by Gasteiger charge is -2.28. The molecule has 1 atom stereocenters. The lowest BCUT2D eigenvalue weighted by Crippen LogP contribution is -2.29. The summed E-state index contributed by atoms with van der Waals surface area (Å²) in [6, 6.07) is 11.5. The second kappa shape index (κ2) is 12.0. The van der Waals surface area contributed by atoms with E-state index in [0.717, 1.165) is 23.3 Å². The Morgan fingerprint density at radius 3 is 2.59 bits per heavy atom. The van der Waals surface area contributed by atoms with Gasteiger partial charge in [0, 0.05) is 11.4 Å². The number of rotatable bonds is 10. The minimum atomic E-state index is -0.561. The van der Waals surface area contributed by atoms with E-state index in [9.17, 15) is 4.79 Å². The van der Waals surface area contributed by atoms with Crippen LogP contribution in [0.3, 0.4) is 0 Å². The Hall–Kier alpha value is -2.98. The zero-order chi connectivity index (χ0) is 26.5. The van der Waals surface area contributed by atoms with Gasteiger partial charge in [-0.3, -0.25) is 0 Å². The molecule has 0 radical (unpaired) electrons. The Balaban J connectivity index is 1.76. The lowest BCUT2D eigenvalue weighted by molar-refractivity contribution is -0.136. The summed E-state index contributed by atoms with van der Waals surface area (Å²) in [6.45, 7) is 8.77. The number of allylic oxidation sites excluding steroid dienone is 1. The summed E-state index contributed by atoms with van der Waals surface area (Å²) in [5.74, 6) is 2.20. The molecule has 1 aromatic heterocycles. The second-order valence-corrected chi connectivity index (χ2v) is 10.5. The molecule has 0 amide bonds. The van der Waals surface area contributed by atoms with Crippen molar-refractivity contribution in [2.24, 2.45) is 0 Å². The molecule has 0 saturated heterocycles. The number of aryl methyl sites for hydroxylation is 1. The molecule has 1 N–H and O–H groups in total. The molecule has 10 heteroatoms. The van der Waals surface area contributed by atoms with Crippen molar-refractivity contribution in [1.82, 2.24) is 14.8 Å². The largest absolute Gasteiger partial charge is 0.490 e. The number of hydrogen-bond acceptors (Lipinski definition) is 8. The zero-order valence-corrected chi connectivity index (χ0v) is 24.0. The number of benzene rings is 2. The number of thioether (sulfide) groups is 1. The summed E-state index contributed by atoms with van der Waals surface area (Å²) in [5, 5.41) is 8.60. The normalized spacial score (nSPS) is 14.7. The van der Waals surface area contributed by atoms with Crippen LogP contribution in [-0.4, -0.2) is 40.2 Å². The molecule has 0 bridgehead atoms. The van der Waals surface area contributed by atoms with E-state index in [4.69, 9.17) is 19.3 Å². The Morgan fingerprint density at radius 2 is 1.92 bits per heavy atom. The quantitative estimate of drug-likeness (QED) is 0.219. The predicted octanol–water partition coefficient (Wildman–Crippen LogP) is 6.29. The minimum absolute atomic E-state index is 0.392. The Morgan fingerprint density at radius 1 is 1.16 bits per heavy atom. The monoisotopic (exact) mass is 586 g/mol. The number of halogens is 1. The van der Waals surface area contributed by atoms with Crippen LogP contribution in [0.25, 0.3) is 0 Å². The van der Waals surface area contributed by atoms with Crippen LogP contribution in [-0.2, 0) is 16.1 Å². The number of fused-ring (bicyclic) bond motifs is 1. The Kier molecular flexibility index (Phi) is 8.81. The molecule has 3 aromatic rings. The van der Waals surface area contributed by atoms with Crippen molar-refractivity contribution >= 4 is 39.6 Å². The molecule has 1 aliphatic heterocycles. The Bertz CT molecular complexity index is 1310. The van der Waals surface area contributed by atoms with Gasteiger partial charge in [-0.1, -0.05) is 48.5 Å². The first-order valence-corrected chi connectivity index (χ1v) is 13.9. The van der Waals surface area contributed by atoms with Gasteiger partial charge in [-0.15, -0.1) is 5.10 Å². The number of hydrogen-bond donors (Lipinski definition) is 1. The highest BCUT2D eigenvalue weighted by Crippen LogP contribution is 2.43. The van der Waals surface area contributed by atoms with Gasteiger partial charge in [-0.2, -0.15) is 4.98 Å². The molecular formula is C27H31BrN4O4S. The smallest absolute Gasteiger partial charge is 0.338 e. The summed E-state index contributed by atoms with van der Waals surface area (Å²) in [6.07, 6.45) is 1.00. The number of nitrogens with zero attached hydrogens (tertiary/aromatic N) is 3. The maximum atomic E-state index is 12.9. The number of nitrogens with one attached hydrogen (secondary N) is 1. The summed E-state index contributed by atoms with van der Waals surface area (Å²) < 4.78 is 19.8. The summed E-state index contributed by atoms with van der Waals surface area (Å²) >= 11 is 5.26. The van der Waals surface area contributed by atoms with Crippen LogP contribution in [0.15, 0.2) is 57.3 Å². The average molecular weight is 588 g/mol. The number of methoxy groups -OCH3 is 1. The predicted molar refractivity (Wildman–Crippen MR) is 148 cm³/mol.